The molecule has 2 N–H and O–H groups in total. The van der Waals surface area contributed by atoms with E-state index in [-0.39, 0.29) is 11.1 Å². The van der Waals surface area contributed by atoms with Crippen molar-refractivity contribution < 1.29 is 19.8 Å². The molecule has 0 heterocycles. The molecular weight excluding hydrogens is 232 g/mol. The fourth-order valence-electron chi connectivity index (χ4n) is 1.71. The van der Waals surface area contributed by atoms with Crippen LogP contribution in [0.5, 0.6) is 0 Å². The number of carboxylic acid groups (broad SMARTS) is 2. The van der Waals surface area contributed by atoms with Crippen molar-refractivity contribution in [1.29, 1.82) is 0 Å². The van der Waals surface area contributed by atoms with Crippen LogP contribution in [-0.4, -0.2) is 22.2 Å². The summed E-state index contributed by atoms with van der Waals surface area (Å²) in [5, 5.41) is 17.9. The van der Waals surface area contributed by atoms with Gasteiger partial charge in [-0.3, -0.25) is 0 Å². The topological polar surface area (TPSA) is 74.6 Å². The quantitative estimate of drug-likeness (QED) is 0.867. The zero-order valence-electron chi connectivity index (χ0n) is 9.33. The molecule has 0 saturated carbocycles. The highest BCUT2D eigenvalue weighted by atomic mass is 16.4. The second-order valence-electron chi connectivity index (χ2n) is 3.73. The van der Waals surface area contributed by atoms with Crippen LogP contribution in [0.2, 0.25) is 0 Å². The number of hydrogen-bond donors (Lipinski definition) is 2. The predicted molar refractivity (Wildman–Crippen MR) is 65.8 cm³/mol. The van der Waals surface area contributed by atoms with E-state index in [0.29, 0.717) is 11.1 Å². The van der Waals surface area contributed by atoms with Crippen LogP contribution in [0.15, 0.2) is 48.5 Å². The van der Waals surface area contributed by atoms with Crippen LogP contribution in [0.3, 0.4) is 0 Å². The molecule has 4 nitrogen and oxygen atoms in total. The van der Waals surface area contributed by atoms with Crippen LogP contribution < -0.4 is 0 Å². The van der Waals surface area contributed by atoms with E-state index >= 15 is 0 Å². The Kier molecular flexibility index (Phi) is 3.10. The minimum absolute atomic E-state index is 0.173. The third kappa shape index (κ3) is 2.22. The second-order valence-corrected chi connectivity index (χ2v) is 3.73. The van der Waals surface area contributed by atoms with Gasteiger partial charge in [-0.2, -0.15) is 0 Å². The summed E-state index contributed by atoms with van der Waals surface area (Å²) in [6, 6.07) is 12.7. The maximum Gasteiger partial charge on any atom is 0.336 e. The molecule has 2 aromatic carbocycles. The minimum Gasteiger partial charge on any atom is -0.478 e. The normalized spacial score (nSPS) is 10.0. The molecular formula is C14H10O4. The van der Waals surface area contributed by atoms with Gasteiger partial charge in [0.1, 0.15) is 0 Å². The Morgan fingerprint density at radius 2 is 1.39 bits per heavy atom. The Hall–Kier alpha value is -2.62. The van der Waals surface area contributed by atoms with Crippen LogP contribution in [-0.2, 0) is 0 Å². The first kappa shape index (κ1) is 11.9. The lowest BCUT2D eigenvalue weighted by molar-refractivity contribution is 0.0686. The van der Waals surface area contributed by atoms with Gasteiger partial charge in [-0.15, -0.1) is 0 Å². The first-order valence-corrected chi connectivity index (χ1v) is 5.25. The third-order valence-electron chi connectivity index (χ3n) is 2.60. The number of hydrogen-bond acceptors (Lipinski definition) is 2. The maximum absolute atomic E-state index is 11.1. The molecule has 0 fully saturated rings. The summed E-state index contributed by atoms with van der Waals surface area (Å²) in [5.41, 5.74) is 1.62. The molecule has 0 bridgehead atoms. The Morgan fingerprint density at radius 1 is 0.778 bits per heavy atom. The second kappa shape index (κ2) is 4.71. The molecule has 4 heteroatoms. The summed E-state index contributed by atoms with van der Waals surface area (Å²) >= 11 is 0. The molecule has 18 heavy (non-hydrogen) atoms. The molecule has 90 valence electrons. The van der Waals surface area contributed by atoms with Gasteiger partial charge >= 0.3 is 11.9 Å². The SMILES string of the molecule is O=C(O)c1ccc(-c2ccccc2C(=O)O)cc1. The molecule has 0 radical (unpaired) electrons. The Labute approximate surface area is 103 Å². The summed E-state index contributed by atoms with van der Waals surface area (Å²) in [7, 11) is 0. The average molecular weight is 242 g/mol. The van der Waals surface area contributed by atoms with Crippen LogP contribution in [0.4, 0.5) is 0 Å². The van der Waals surface area contributed by atoms with Crippen molar-refractivity contribution in [2.24, 2.45) is 0 Å². The van der Waals surface area contributed by atoms with Crippen molar-refractivity contribution in [3.8, 4) is 11.1 Å². The summed E-state index contributed by atoms with van der Waals surface area (Å²) in [5.74, 6) is -2.01. The summed E-state index contributed by atoms with van der Waals surface area (Å²) < 4.78 is 0. The van der Waals surface area contributed by atoms with Crippen molar-refractivity contribution in [2.45, 2.75) is 0 Å². The number of carbonyl (C=O) groups is 2. The Morgan fingerprint density at radius 3 is 1.94 bits per heavy atom. The zero-order chi connectivity index (χ0) is 13.1. The van der Waals surface area contributed by atoms with Crippen LogP contribution in [0.25, 0.3) is 11.1 Å². The van der Waals surface area contributed by atoms with Crippen molar-refractivity contribution in [2.75, 3.05) is 0 Å². The molecule has 0 aliphatic heterocycles. The van der Waals surface area contributed by atoms with Gasteiger partial charge in [0.25, 0.3) is 0 Å². The standard InChI is InChI=1S/C14H10O4/c15-13(16)10-7-5-9(6-8-10)11-3-1-2-4-12(11)14(17)18/h1-8H,(H,15,16)(H,17,18). The zero-order valence-corrected chi connectivity index (χ0v) is 9.33. The highest BCUT2D eigenvalue weighted by molar-refractivity contribution is 5.96. The van der Waals surface area contributed by atoms with Crippen molar-refractivity contribution in [3.63, 3.8) is 0 Å². The van der Waals surface area contributed by atoms with E-state index in [1.165, 1.54) is 18.2 Å². The molecule has 0 aliphatic carbocycles. The monoisotopic (exact) mass is 242 g/mol. The molecule has 0 saturated heterocycles. The van der Waals surface area contributed by atoms with Gasteiger partial charge in [-0.05, 0) is 29.3 Å². The van der Waals surface area contributed by atoms with E-state index < -0.39 is 11.9 Å². The summed E-state index contributed by atoms with van der Waals surface area (Å²) in [6.45, 7) is 0. The van der Waals surface area contributed by atoms with Gasteiger partial charge in [0.2, 0.25) is 0 Å². The van der Waals surface area contributed by atoms with Gasteiger partial charge in [0, 0.05) is 0 Å². The van der Waals surface area contributed by atoms with Gasteiger partial charge in [0.15, 0.2) is 0 Å². The largest absolute Gasteiger partial charge is 0.478 e. The van der Waals surface area contributed by atoms with Gasteiger partial charge in [-0.25, -0.2) is 9.59 Å². The summed E-state index contributed by atoms with van der Waals surface area (Å²) in [6.07, 6.45) is 0. The van der Waals surface area contributed by atoms with Crippen molar-refractivity contribution in [1.82, 2.24) is 0 Å². The predicted octanol–water partition coefficient (Wildman–Crippen LogP) is 2.75. The van der Waals surface area contributed by atoms with Crippen molar-refractivity contribution in [3.05, 3.63) is 59.7 Å². The Bertz CT molecular complexity index is 599. The lowest BCUT2D eigenvalue weighted by atomic mass is 9.99. The highest BCUT2D eigenvalue weighted by Gasteiger charge is 2.11. The number of rotatable bonds is 3. The third-order valence-corrected chi connectivity index (χ3v) is 2.60. The highest BCUT2D eigenvalue weighted by Crippen LogP contribution is 2.24. The van der Waals surface area contributed by atoms with Gasteiger partial charge in [-0.1, -0.05) is 30.3 Å². The van der Waals surface area contributed by atoms with Gasteiger partial charge in [0.05, 0.1) is 11.1 Å². The van der Waals surface area contributed by atoms with Crippen LogP contribution in [0.1, 0.15) is 20.7 Å². The molecule has 0 unspecified atom stereocenters. The van der Waals surface area contributed by atoms with E-state index in [0.717, 1.165) is 0 Å². The van der Waals surface area contributed by atoms with E-state index in [9.17, 15) is 9.59 Å². The van der Waals surface area contributed by atoms with E-state index in [1.807, 2.05) is 0 Å². The van der Waals surface area contributed by atoms with E-state index in [2.05, 4.69) is 0 Å². The van der Waals surface area contributed by atoms with E-state index in [4.69, 9.17) is 10.2 Å². The lowest BCUT2D eigenvalue weighted by Gasteiger charge is -2.06. The molecule has 0 spiro atoms. The molecule has 2 aromatic rings. The molecule has 0 atom stereocenters. The fourth-order valence-corrected chi connectivity index (χ4v) is 1.71. The van der Waals surface area contributed by atoms with Gasteiger partial charge < -0.3 is 10.2 Å². The fraction of sp³-hybridized carbons (Fsp3) is 0. The molecule has 0 amide bonds. The van der Waals surface area contributed by atoms with E-state index in [1.54, 1.807) is 30.3 Å². The number of carboxylic acids is 2. The maximum atomic E-state index is 11.1. The molecule has 2 rings (SSSR count). The Balaban J connectivity index is 2.49. The minimum atomic E-state index is -1.01. The summed E-state index contributed by atoms with van der Waals surface area (Å²) in [4.78, 5) is 21.8. The number of benzene rings is 2. The van der Waals surface area contributed by atoms with Crippen molar-refractivity contribution >= 4 is 11.9 Å². The van der Waals surface area contributed by atoms with Crippen LogP contribution >= 0.6 is 0 Å². The first-order chi connectivity index (χ1) is 8.59. The number of aromatic carboxylic acids is 2. The molecule has 0 aromatic heterocycles. The average Bonchev–Trinajstić information content (AvgIpc) is 2.39. The first-order valence-electron chi connectivity index (χ1n) is 5.25. The smallest absolute Gasteiger partial charge is 0.336 e. The lowest BCUT2D eigenvalue weighted by Crippen LogP contribution is -1.99. The molecule has 0 aliphatic rings. The van der Waals surface area contributed by atoms with Crippen LogP contribution in [0, 0.1) is 0 Å².